The Balaban J connectivity index is 1.82. The van der Waals surface area contributed by atoms with Gasteiger partial charge in [-0.15, -0.1) is 0 Å². The Labute approximate surface area is 169 Å². The molecule has 1 heterocycles. The van der Waals surface area contributed by atoms with E-state index in [0.29, 0.717) is 22.8 Å². The quantitative estimate of drug-likeness (QED) is 0.615. The summed E-state index contributed by atoms with van der Waals surface area (Å²) in [6.45, 7) is 3.97. The summed E-state index contributed by atoms with van der Waals surface area (Å²) in [7, 11) is 1.55. The van der Waals surface area contributed by atoms with Gasteiger partial charge in [-0.25, -0.2) is 0 Å². The van der Waals surface area contributed by atoms with E-state index in [1.165, 1.54) is 12.3 Å². The number of aryl methyl sites for hydroxylation is 2. The largest absolute Gasteiger partial charge is 0.497 e. The Morgan fingerprint density at radius 1 is 1.00 bits per heavy atom. The molecule has 0 spiro atoms. The van der Waals surface area contributed by atoms with Gasteiger partial charge in [-0.3, -0.25) is 9.59 Å². The maximum atomic E-state index is 12.8. The van der Waals surface area contributed by atoms with Crippen LogP contribution < -0.4 is 15.4 Å². The first kappa shape index (κ1) is 19.9. The highest BCUT2D eigenvalue weighted by molar-refractivity contribution is 6.10. The lowest BCUT2D eigenvalue weighted by atomic mass is 10.1. The second-order valence-corrected chi connectivity index (χ2v) is 6.51. The van der Waals surface area contributed by atoms with Gasteiger partial charge in [-0.05, 0) is 73.5 Å². The highest BCUT2D eigenvalue weighted by Crippen LogP contribution is 2.16. The van der Waals surface area contributed by atoms with Crippen molar-refractivity contribution in [1.29, 1.82) is 0 Å². The molecule has 0 fully saturated rings. The average molecular weight is 390 g/mol. The van der Waals surface area contributed by atoms with E-state index in [2.05, 4.69) is 10.6 Å². The maximum absolute atomic E-state index is 12.8. The van der Waals surface area contributed by atoms with Crippen molar-refractivity contribution < 1.29 is 18.7 Å². The number of carbonyl (C=O) groups excluding carboxylic acids is 2. The summed E-state index contributed by atoms with van der Waals surface area (Å²) in [5, 5.41) is 5.48. The van der Waals surface area contributed by atoms with Crippen molar-refractivity contribution in [2.75, 3.05) is 12.4 Å². The normalized spacial score (nSPS) is 11.1. The van der Waals surface area contributed by atoms with Crippen molar-refractivity contribution in [2.24, 2.45) is 0 Å². The number of amides is 2. The summed E-state index contributed by atoms with van der Waals surface area (Å²) >= 11 is 0. The molecule has 2 N–H and O–H groups in total. The number of methoxy groups -OCH3 is 1. The summed E-state index contributed by atoms with van der Waals surface area (Å²) in [6, 6.07) is 15.6. The van der Waals surface area contributed by atoms with Crippen LogP contribution in [0.3, 0.4) is 0 Å². The predicted molar refractivity (Wildman–Crippen MR) is 112 cm³/mol. The van der Waals surface area contributed by atoms with Crippen molar-refractivity contribution in [2.45, 2.75) is 13.8 Å². The maximum Gasteiger partial charge on any atom is 0.272 e. The third-order valence-electron chi connectivity index (χ3n) is 4.44. The van der Waals surface area contributed by atoms with E-state index in [0.717, 1.165) is 11.1 Å². The van der Waals surface area contributed by atoms with Gasteiger partial charge in [0.15, 0.2) is 0 Å². The van der Waals surface area contributed by atoms with Gasteiger partial charge in [0.25, 0.3) is 11.8 Å². The minimum absolute atomic E-state index is 0.0685. The van der Waals surface area contributed by atoms with Crippen molar-refractivity contribution in [3.63, 3.8) is 0 Å². The van der Waals surface area contributed by atoms with Gasteiger partial charge < -0.3 is 19.8 Å². The summed E-state index contributed by atoms with van der Waals surface area (Å²) in [4.78, 5) is 25.5. The van der Waals surface area contributed by atoms with Crippen LogP contribution in [0, 0.1) is 13.8 Å². The van der Waals surface area contributed by atoms with Gasteiger partial charge >= 0.3 is 0 Å². The molecule has 0 aliphatic rings. The summed E-state index contributed by atoms with van der Waals surface area (Å²) in [6.07, 6.45) is 2.98. The van der Waals surface area contributed by atoms with E-state index in [1.807, 2.05) is 32.0 Å². The SMILES string of the molecule is COc1ccc(C(=O)N/C(=C\c2ccco2)C(=O)Nc2ccc(C)c(C)c2)cc1. The van der Waals surface area contributed by atoms with Crippen LogP contribution in [0.4, 0.5) is 5.69 Å². The molecule has 0 saturated heterocycles. The van der Waals surface area contributed by atoms with E-state index in [-0.39, 0.29) is 5.70 Å². The van der Waals surface area contributed by atoms with Crippen LogP contribution in [0.25, 0.3) is 6.08 Å². The predicted octanol–water partition coefficient (Wildman–Crippen LogP) is 4.31. The molecule has 0 saturated carbocycles. The van der Waals surface area contributed by atoms with E-state index in [9.17, 15) is 9.59 Å². The Hall–Kier alpha value is -3.80. The van der Waals surface area contributed by atoms with Crippen molar-refractivity contribution in [3.8, 4) is 5.75 Å². The molecule has 0 unspecified atom stereocenters. The lowest BCUT2D eigenvalue weighted by Crippen LogP contribution is -2.30. The van der Waals surface area contributed by atoms with Crippen molar-refractivity contribution in [3.05, 3.63) is 89.0 Å². The second-order valence-electron chi connectivity index (χ2n) is 6.51. The first-order chi connectivity index (χ1) is 14.0. The van der Waals surface area contributed by atoms with Gasteiger partial charge in [-0.1, -0.05) is 6.07 Å². The fourth-order valence-electron chi connectivity index (χ4n) is 2.63. The summed E-state index contributed by atoms with van der Waals surface area (Å²) in [5.41, 5.74) is 3.29. The third-order valence-corrected chi connectivity index (χ3v) is 4.44. The van der Waals surface area contributed by atoms with Crippen LogP contribution in [0.5, 0.6) is 5.75 Å². The van der Waals surface area contributed by atoms with Gasteiger partial charge in [0.05, 0.1) is 13.4 Å². The minimum atomic E-state index is -0.452. The lowest BCUT2D eigenvalue weighted by Gasteiger charge is -2.12. The number of hydrogen-bond acceptors (Lipinski definition) is 4. The van der Waals surface area contributed by atoms with Crippen LogP contribution in [0.15, 0.2) is 71.0 Å². The molecule has 0 aliphatic heterocycles. The molecule has 6 heteroatoms. The first-order valence-electron chi connectivity index (χ1n) is 9.05. The number of nitrogens with one attached hydrogen (secondary N) is 2. The van der Waals surface area contributed by atoms with Gasteiger partial charge in [-0.2, -0.15) is 0 Å². The number of benzene rings is 2. The van der Waals surface area contributed by atoms with Crippen LogP contribution in [-0.2, 0) is 4.79 Å². The first-order valence-corrected chi connectivity index (χ1v) is 9.05. The Kier molecular flexibility index (Phi) is 6.14. The van der Waals surface area contributed by atoms with Gasteiger partial charge in [0.1, 0.15) is 17.2 Å². The molecule has 0 radical (unpaired) electrons. The molecule has 3 rings (SSSR count). The fourth-order valence-corrected chi connectivity index (χ4v) is 2.63. The van der Waals surface area contributed by atoms with E-state index in [1.54, 1.807) is 43.5 Å². The molecule has 2 amide bonds. The molecule has 2 aromatic carbocycles. The number of rotatable bonds is 6. The molecule has 0 bridgehead atoms. The van der Waals surface area contributed by atoms with E-state index < -0.39 is 11.8 Å². The highest BCUT2D eigenvalue weighted by Gasteiger charge is 2.16. The number of hydrogen-bond donors (Lipinski definition) is 2. The number of ether oxygens (including phenoxy) is 1. The lowest BCUT2D eigenvalue weighted by molar-refractivity contribution is -0.113. The summed E-state index contributed by atoms with van der Waals surface area (Å²) < 4.78 is 10.4. The zero-order valence-electron chi connectivity index (χ0n) is 16.5. The smallest absolute Gasteiger partial charge is 0.272 e. The standard InChI is InChI=1S/C23H22N2O4/c1-15-6-9-18(13-16(15)2)24-23(27)21(14-20-5-4-12-29-20)25-22(26)17-7-10-19(28-3)11-8-17/h4-14H,1-3H3,(H,24,27)(H,25,26)/b21-14-. The molecule has 148 valence electrons. The van der Waals surface area contributed by atoms with Gasteiger partial charge in [0, 0.05) is 17.3 Å². The fraction of sp³-hybridized carbons (Fsp3) is 0.130. The second kappa shape index (κ2) is 8.93. The highest BCUT2D eigenvalue weighted by atomic mass is 16.5. The number of furan rings is 1. The Morgan fingerprint density at radius 2 is 1.76 bits per heavy atom. The topological polar surface area (TPSA) is 80.6 Å². The zero-order valence-corrected chi connectivity index (χ0v) is 16.5. The molecule has 3 aromatic rings. The van der Waals surface area contributed by atoms with Gasteiger partial charge in [0.2, 0.25) is 0 Å². The van der Waals surface area contributed by atoms with E-state index >= 15 is 0 Å². The molecule has 0 atom stereocenters. The zero-order chi connectivity index (χ0) is 20.8. The Bertz CT molecular complexity index is 1040. The van der Waals surface area contributed by atoms with Crippen molar-refractivity contribution >= 4 is 23.6 Å². The van der Waals surface area contributed by atoms with Crippen LogP contribution in [0.1, 0.15) is 27.2 Å². The number of anilines is 1. The molecular formula is C23H22N2O4. The third kappa shape index (κ3) is 5.13. The van der Waals surface area contributed by atoms with Crippen LogP contribution >= 0.6 is 0 Å². The van der Waals surface area contributed by atoms with Crippen molar-refractivity contribution in [1.82, 2.24) is 5.32 Å². The molecule has 6 nitrogen and oxygen atoms in total. The number of carbonyl (C=O) groups is 2. The van der Waals surface area contributed by atoms with Crippen LogP contribution in [-0.4, -0.2) is 18.9 Å². The average Bonchev–Trinajstić information content (AvgIpc) is 3.23. The Morgan fingerprint density at radius 3 is 2.38 bits per heavy atom. The van der Waals surface area contributed by atoms with E-state index in [4.69, 9.17) is 9.15 Å². The molecular weight excluding hydrogens is 368 g/mol. The monoisotopic (exact) mass is 390 g/mol. The minimum Gasteiger partial charge on any atom is -0.497 e. The molecule has 1 aromatic heterocycles. The van der Waals surface area contributed by atoms with Crippen LogP contribution in [0.2, 0.25) is 0 Å². The summed E-state index contributed by atoms with van der Waals surface area (Å²) in [5.74, 6) is 0.220. The molecule has 0 aliphatic carbocycles. The molecule has 29 heavy (non-hydrogen) atoms.